The molecule has 2 atom stereocenters. The van der Waals surface area contributed by atoms with Gasteiger partial charge in [0, 0.05) is 18.7 Å². The highest BCUT2D eigenvalue weighted by Gasteiger charge is 2.53. The summed E-state index contributed by atoms with van der Waals surface area (Å²) < 4.78 is 0. The number of aliphatic imine (C=N–C) groups is 1. The summed E-state index contributed by atoms with van der Waals surface area (Å²) in [5, 5.41) is 13.0. The van der Waals surface area contributed by atoms with Gasteiger partial charge in [0.1, 0.15) is 0 Å². The van der Waals surface area contributed by atoms with E-state index in [1.165, 1.54) is 5.56 Å². The zero-order valence-electron chi connectivity index (χ0n) is 14.6. The molecule has 2 aromatic rings. The Morgan fingerprint density at radius 1 is 1.16 bits per heavy atom. The van der Waals surface area contributed by atoms with E-state index < -0.39 is 5.72 Å². The molecule has 0 spiro atoms. The summed E-state index contributed by atoms with van der Waals surface area (Å²) in [6.45, 7) is 3.83. The van der Waals surface area contributed by atoms with Crippen molar-refractivity contribution < 1.29 is 5.11 Å². The zero-order valence-corrected chi connectivity index (χ0v) is 15.4. The lowest BCUT2D eigenvalue weighted by Crippen LogP contribution is -2.50. The third kappa shape index (κ3) is 2.98. The number of aryl methyl sites for hydroxylation is 2. The number of hydrogen-bond donors (Lipinski definition) is 1. The van der Waals surface area contributed by atoms with Crippen LogP contribution in [0.3, 0.4) is 0 Å². The second-order valence-electron chi connectivity index (χ2n) is 6.84. The Bertz CT molecular complexity index is 776. The molecule has 0 radical (unpaired) electrons. The van der Waals surface area contributed by atoms with E-state index in [9.17, 15) is 5.11 Å². The fourth-order valence-corrected chi connectivity index (χ4v) is 5.32. The summed E-state index contributed by atoms with van der Waals surface area (Å²) in [5.74, 6) is 0. The first-order valence-corrected chi connectivity index (χ1v) is 9.88. The lowest BCUT2D eigenvalue weighted by atomic mass is 9.90. The maximum atomic E-state index is 11.9. The average Bonchev–Trinajstić information content (AvgIpc) is 2.94. The Hall–Kier alpha value is -1.78. The maximum absolute atomic E-state index is 11.9. The molecular formula is C21H24N2OS. The molecule has 130 valence electrons. The molecule has 4 rings (SSSR count). The van der Waals surface area contributed by atoms with Crippen molar-refractivity contribution in [2.45, 2.75) is 37.2 Å². The standard InChI is InChI=1S/C21H24N2OS/c1-16-8-5-6-11-18(16)21(24)19(13-12-17-9-3-2-4-10-17)25-20-22-14-7-15-23(20)21/h2-6,8-11,19,24H,7,12-15H2,1H3. The molecule has 2 aliphatic rings. The van der Waals surface area contributed by atoms with Crippen LogP contribution in [0.2, 0.25) is 0 Å². The van der Waals surface area contributed by atoms with Crippen molar-refractivity contribution in [3.8, 4) is 0 Å². The third-order valence-corrected chi connectivity index (χ3v) is 6.61. The molecule has 2 aliphatic heterocycles. The van der Waals surface area contributed by atoms with Gasteiger partial charge in [0.05, 0.1) is 5.25 Å². The molecule has 0 aliphatic carbocycles. The van der Waals surface area contributed by atoms with E-state index in [0.717, 1.165) is 48.6 Å². The highest BCUT2D eigenvalue weighted by molar-refractivity contribution is 8.14. The SMILES string of the molecule is Cc1ccccc1C1(O)C(CCc2ccccc2)SC2=NCCCN21. The third-order valence-electron chi connectivity index (χ3n) is 5.21. The van der Waals surface area contributed by atoms with Gasteiger partial charge < -0.3 is 10.0 Å². The van der Waals surface area contributed by atoms with Crippen LogP contribution in [-0.4, -0.2) is 33.5 Å². The fraction of sp³-hybridized carbons (Fsp3) is 0.381. The minimum absolute atomic E-state index is 0.0886. The van der Waals surface area contributed by atoms with Gasteiger partial charge in [-0.2, -0.15) is 0 Å². The maximum Gasteiger partial charge on any atom is 0.178 e. The van der Waals surface area contributed by atoms with E-state index in [1.807, 2.05) is 18.2 Å². The monoisotopic (exact) mass is 352 g/mol. The normalized spacial score (nSPS) is 25.6. The number of amidine groups is 1. The van der Waals surface area contributed by atoms with E-state index >= 15 is 0 Å². The summed E-state index contributed by atoms with van der Waals surface area (Å²) in [6.07, 6.45) is 2.90. The molecule has 0 saturated carbocycles. The van der Waals surface area contributed by atoms with Crippen molar-refractivity contribution in [2.75, 3.05) is 13.1 Å². The Morgan fingerprint density at radius 2 is 1.92 bits per heavy atom. The molecule has 0 aromatic heterocycles. The smallest absolute Gasteiger partial charge is 0.178 e. The first-order chi connectivity index (χ1) is 12.2. The summed E-state index contributed by atoms with van der Waals surface area (Å²) in [6, 6.07) is 18.8. The molecule has 2 aromatic carbocycles. The molecule has 0 amide bonds. The van der Waals surface area contributed by atoms with Crippen molar-refractivity contribution in [1.82, 2.24) is 4.90 Å². The summed E-state index contributed by atoms with van der Waals surface area (Å²) in [4.78, 5) is 6.83. The van der Waals surface area contributed by atoms with Crippen LogP contribution >= 0.6 is 11.8 Å². The summed E-state index contributed by atoms with van der Waals surface area (Å²) >= 11 is 1.75. The number of thioether (sulfide) groups is 1. The molecule has 1 fully saturated rings. The summed E-state index contributed by atoms with van der Waals surface area (Å²) in [5.41, 5.74) is 2.51. The van der Waals surface area contributed by atoms with E-state index in [0.29, 0.717) is 0 Å². The number of fused-ring (bicyclic) bond motifs is 1. The first kappa shape index (κ1) is 16.7. The Morgan fingerprint density at radius 3 is 2.72 bits per heavy atom. The highest BCUT2D eigenvalue weighted by Crippen LogP contribution is 2.48. The van der Waals surface area contributed by atoms with Crippen LogP contribution in [0.25, 0.3) is 0 Å². The first-order valence-electron chi connectivity index (χ1n) is 9.01. The molecule has 1 N–H and O–H groups in total. The minimum atomic E-state index is -0.968. The average molecular weight is 353 g/mol. The zero-order chi connectivity index (χ0) is 17.3. The molecule has 2 unspecified atom stereocenters. The van der Waals surface area contributed by atoms with Gasteiger partial charge >= 0.3 is 0 Å². The van der Waals surface area contributed by atoms with Crippen molar-refractivity contribution in [1.29, 1.82) is 0 Å². The van der Waals surface area contributed by atoms with Crippen LogP contribution < -0.4 is 0 Å². The number of benzene rings is 2. The van der Waals surface area contributed by atoms with Crippen molar-refractivity contribution in [2.24, 2.45) is 4.99 Å². The Kier molecular flexibility index (Phi) is 4.57. The molecule has 1 saturated heterocycles. The van der Waals surface area contributed by atoms with Crippen molar-refractivity contribution in [3.63, 3.8) is 0 Å². The van der Waals surface area contributed by atoms with Crippen molar-refractivity contribution >= 4 is 16.9 Å². The number of rotatable bonds is 4. The predicted octanol–water partition coefficient (Wildman–Crippen LogP) is 3.95. The molecular weight excluding hydrogens is 328 g/mol. The lowest BCUT2D eigenvalue weighted by molar-refractivity contribution is -0.0739. The number of nitrogens with zero attached hydrogens (tertiary/aromatic N) is 2. The topological polar surface area (TPSA) is 35.8 Å². The minimum Gasteiger partial charge on any atom is -0.366 e. The lowest BCUT2D eigenvalue weighted by Gasteiger charge is -2.40. The predicted molar refractivity (Wildman–Crippen MR) is 105 cm³/mol. The van der Waals surface area contributed by atoms with Gasteiger partial charge in [-0.15, -0.1) is 0 Å². The van der Waals surface area contributed by atoms with Crippen LogP contribution in [0.15, 0.2) is 59.6 Å². The number of hydrogen-bond acceptors (Lipinski definition) is 4. The van der Waals surface area contributed by atoms with Gasteiger partial charge in [-0.05, 0) is 37.3 Å². The number of aliphatic hydroxyl groups is 1. The molecule has 2 heterocycles. The van der Waals surface area contributed by atoms with Crippen LogP contribution in [-0.2, 0) is 12.1 Å². The summed E-state index contributed by atoms with van der Waals surface area (Å²) in [7, 11) is 0. The molecule has 0 bridgehead atoms. The largest absolute Gasteiger partial charge is 0.366 e. The molecule has 25 heavy (non-hydrogen) atoms. The van der Waals surface area contributed by atoms with Crippen molar-refractivity contribution in [3.05, 3.63) is 71.3 Å². The quantitative estimate of drug-likeness (QED) is 0.905. The van der Waals surface area contributed by atoms with E-state index in [1.54, 1.807) is 11.8 Å². The molecule has 3 nitrogen and oxygen atoms in total. The second-order valence-corrected chi connectivity index (χ2v) is 8.01. The van der Waals surface area contributed by atoms with Gasteiger partial charge in [0.25, 0.3) is 0 Å². The second kappa shape index (κ2) is 6.85. The van der Waals surface area contributed by atoms with Gasteiger partial charge in [-0.1, -0.05) is 66.4 Å². The van der Waals surface area contributed by atoms with Gasteiger partial charge in [0.2, 0.25) is 0 Å². The highest BCUT2D eigenvalue weighted by atomic mass is 32.2. The Labute approximate surface area is 153 Å². The van der Waals surface area contributed by atoms with E-state index in [-0.39, 0.29) is 5.25 Å². The molecule has 4 heteroatoms. The Balaban J connectivity index is 1.67. The van der Waals surface area contributed by atoms with Crippen LogP contribution in [0, 0.1) is 6.92 Å². The van der Waals surface area contributed by atoms with Crippen LogP contribution in [0.1, 0.15) is 29.5 Å². The van der Waals surface area contributed by atoms with Crippen LogP contribution in [0.5, 0.6) is 0 Å². The van der Waals surface area contributed by atoms with E-state index in [2.05, 4.69) is 48.2 Å². The fourth-order valence-electron chi connectivity index (χ4n) is 3.89. The van der Waals surface area contributed by atoms with Gasteiger partial charge in [-0.3, -0.25) is 4.99 Å². The van der Waals surface area contributed by atoms with Crippen LogP contribution in [0.4, 0.5) is 0 Å². The van der Waals surface area contributed by atoms with Gasteiger partial charge in [0.15, 0.2) is 10.9 Å². The van der Waals surface area contributed by atoms with Gasteiger partial charge in [-0.25, -0.2) is 0 Å². The van der Waals surface area contributed by atoms with E-state index in [4.69, 9.17) is 4.99 Å².